The minimum Gasteiger partial charge on any atom is -0.493 e. The molecule has 0 unspecified atom stereocenters. The van der Waals surface area contributed by atoms with Crippen LogP contribution in [0, 0.1) is 0 Å². The van der Waals surface area contributed by atoms with Gasteiger partial charge in [-0.15, -0.1) is 5.10 Å². The Bertz CT molecular complexity index is 1090. The SMILES string of the molecule is COc1ccc(C(=O)NCCn2nc(-c3ccccn3)n(C)c2=O)c(OC)c1OC. The minimum atomic E-state index is -0.373. The first-order valence-electron chi connectivity index (χ1n) is 9.14. The van der Waals surface area contributed by atoms with Gasteiger partial charge in [-0.2, -0.15) is 0 Å². The third-order valence-electron chi connectivity index (χ3n) is 4.49. The van der Waals surface area contributed by atoms with Gasteiger partial charge < -0.3 is 19.5 Å². The van der Waals surface area contributed by atoms with Crippen molar-refractivity contribution in [2.75, 3.05) is 27.9 Å². The summed E-state index contributed by atoms with van der Waals surface area (Å²) in [6.45, 7) is 0.385. The van der Waals surface area contributed by atoms with Gasteiger partial charge >= 0.3 is 5.69 Å². The molecule has 0 bridgehead atoms. The Labute approximate surface area is 173 Å². The first kappa shape index (κ1) is 20.9. The molecule has 0 aliphatic rings. The van der Waals surface area contributed by atoms with E-state index < -0.39 is 0 Å². The van der Waals surface area contributed by atoms with E-state index in [1.807, 2.05) is 6.07 Å². The Morgan fingerprint density at radius 1 is 1.07 bits per heavy atom. The molecule has 0 atom stereocenters. The number of nitrogens with one attached hydrogen (secondary N) is 1. The molecule has 0 saturated heterocycles. The number of amides is 1. The van der Waals surface area contributed by atoms with Crippen LogP contribution in [-0.4, -0.2) is 53.1 Å². The van der Waals surface area contributed by atoms with Crippen LogP contribution >= 0.6 is 0 Å². The summed E-state index contributed by atoms with van der Waals surface area (Å²) in [4.78, 5) is 29.3. The highest BCUT2D eigenvalue weighted by Crippen LogP contribution is 2.39. The number of ether oxygens (including phenoxy) is 3. The van der Waals surface area contributed by atoms with Crippen LogP contribution in [0.3, 0.4) is 0 Å². The third-order valence-corrected chi connectivity index (χ3v) is 4.49. The first-order valence-corrected chi connectivity index (χ1v) is 9.14. The van der Waals surface area contributed by atoms with E-state index in [1.54, 1.807) is 37.5 Å². The summed E-state index contributed by atoms with van der Waals surface area (Å²) in [6, 6.07) is 8.59. The van der Waals surface area contributed by atoms with E-state index in [0.29, 0.717) is 23.0 Å². The van der Waals surface area contributed by atoms with Crippen LogP contribution in [0.15, 0.2) is 41.3 Å². The largest absolute Gasteiger partial charge is 0.493 e. The van der Waals surface area contributed by atoms with Gasteiger partial charge in [0, 0.05) is 19.8 Å². The molecule has 30 heavy (non-hydrogen) atoms. The Balaban J connectivity index is 1.74. The number of nitrogens with zero attached hydrogens (tertiary/aromatic N) is 4. The van der Waals surface area contributed by atoms with Crippen LogP contribution in [-0.2, 0) is 13.6 Å². The van der Waals surface area contributed by atoms with Crippen LogP contribution in [0.4, 0.5) is 0 Å². The van der Waals surface area contributed by atoms with Gasteiger partial charge in [0.2, 0.25) is 5.75 Å². The molecule has 0 fully saturated rings. The van der Waals surface area contributed by atoms with Crippen molar-refractivity contribution in [2.24, 2.45) is 7.05 Å². The predicted octanol–water partition coefficient (Wildman–Crippen LogP) is 1.10. The molecule has 158 valence electrons. The van der Waals surface area contributed by atoms with Gasteiger partial charge in [0.1, 0.15) is 5.69 Å². The average Bonchev–Trinajstić information content (AvgIpc) is 3.06. The van der Waals surface area contributed by atoms with Gasteiger partial charge in [-0.05, 0) is 24.3 Å². The molecule has 0 radical (unpaired) electrons. The highest BCUT2D eigenvalue weighted by atomic mass is 16.5. The first-order chi connectivity index (χ1) is 14.5. The molecule has 0 aliphatic heterocycles. The molecule has 10 heteroatoms. The minimum absolute atomic E-state index is 0.189. The van der Waals surface area contributed by atoms with E-state index in [4.69, 9.17) is 14.2 Å². The zero-order chi connectivity index (χ0) is 21.7. The summed E-state index contributed by atoms with van der Waals surface area (Å²) in [6.07, 6.45) is 1.63. The lowest BCUT2D eigenvalue weighted by molar-refractivity contribution is 0.0948. The quantitative estimate of drug-likeness (QED) is 0.589. The number of rotatable bonds is 8. The molecule has 0 spiro atoms. The van der Waals surface area contributed by atoms with Gasteiger partial charge in [0.15, 0.2) is 17.3 Å². The van der Waals surface area contributed by atoms with Gasteiger partial charge in [-0.1, -0.05) is 6.07 Å². The lowest BCUT2D eigenvalue weighted by Gasteiger charge is -2.15. The molecular weight excluding hydrogens is 390 g/mol. The van der Waals surface area contributed by atoms with Crippen molar-refractivity contribution in [1.29, 1.82) is 0 Å². The fourth-order valence-electron chi connectivity index (χ4n) is 3.00. The van der Waals surface area contributed by atoms with Crippen molar-refractivity contribution >= 4 is 5.91 Å². The molecule has 1 aromatic carbocycles. The highest BCUT2D eigenvalue weighted by molar-refractivity contribution is 5.98. The highest BCUT2D eigenvalue weighted by Gasteiger charge is 2.20. The summed E-state index contributed by atoms with van der Waals surface area (Å²) in [5, 5.41) is 7.09. The van der Waals surface area contributed by atoms with Gasteiger partial charge in [-0.25, -0.2) is 9.48 Å². The molecule has 3 aromatic rings. The number of hydrogen-bond donors (Lipinski definition) is 1. The van der Waals surface area contributed by atoms with Crippen LogP contribution in [0.5, 0.6) is 17.2 Å². The topological polar surface area (TPSA) is 110 Å². The maximum absolute atomic E-state index is 12.7. The molecule has 2 heterocycles. The van der Waals surface area contributed by atoms with Crippen LogP contribution < -0.4 is 25.2 Å². The second-order valence-corrected chi connectivity index (χ2v) is 6.24. The van der Waals surface area contributed by atoms with E-state index in [-0.39, 0.29) is 36.0 Å². The lowest BCUT2D eigenvalue weighted by Crippen LogP contribution is -2.32. The standard InChI is InChI=1S/C20H23N5O5/c1-24-18(14-7-5-6-10-21-14)23-25(20(24)27)12-11-22-19(26)13-8-9-15(28-2)17(30-4)16(13)29-3/h5-10H,11-12H2,1-4H3,(H,22,26). The molecule has 10 nitrogen and oxygen atoms in total. The Kier molecular flexibility index (Phi) is 6.35. The number of methoxy groups -OCH3 is 3. The fourth-order valence-corrected chi connectivity index (χ4v) is 3.00. The fraction of sp³-hybridized carbons (Fsp3) is 0.300. The summed E-state index contributed by atoms with van der Waals surface area (Å²) in [5.41, 5.74) is 0.584. The van der Waals surface area contributed by atoms with Gasteiger partial charge in [0.25, 0.3) is 5.91 Å². The number of hydrogen-bond acceptors (Lipinski definition) is 7. The second kappa shape index (κ2) is 9.12. The molecule has 0 aliphatic carbocycles. The van der Waals surface area contributed by atoms with Gasteiger partial charge in [-0.3, -0.25) is 14.3 Å². The Morgan fingerprint density at radius 2 is 1.83 bits per heavy atom. The summed E-state index contributed by atoms with van der Waals surface area (Å²) < 4.78 is 18.6. The molecule has 0 saturated carbocycles. The number of pyridine rings is 1. The Hall–Kier alpha value is -3.82. The summed E-state index contributed by atoms with van der Waals surface area (Å²) in [5.74, 6) is 1.12. The van der Waals surface area contributed by atoms with Crippen molar-refractivity contribution in [1.82, 2.24) is 24.6 Å². The summed E-state index contributed by atoms with van der Waals surface area (Å²) in [7, 11) is 6.04. The maximum atomic E-state index is 12.7. The number of benzene rings is 1. The average molecular weight is 413 g/mol. The molecular formula is C20H23N5O5. The monoisotopic (exact) mass is 413 g/mol. The number of aromatic nitrogens is 4. The molecule has 1 N–H and O–H groups in total. The van der Waals surface area contributed by atoms with Crippen molar-refractivity contribution in [3.63, 3.8) is 0 Å². The number of carbonyl (C=O) groups is 1. The predicted molar refractivity (Wildman–Crippen MR) is 109 cm³/mol. The lowest BCUT2D eigenvalue weighted by atomic mass is 10.1. The maximum Gasteiger partial charge on any atom is 0.346 e. The van der Waals surface area contributed by atoms with Crippen LogP contribution in [0.25, 0.3) is 11.5 Å². The van der Waals surface area contributed by atoms with E-state index in [9.17, 15) is 9.59 Å². The van der Waals surface area contributed by atoms with Gasteiger partial charge in [0.05, 0.1) is 33.4 Å². The number of carbonyl (C=O) groups excluding carboxylic acids is 1. The van der Waals surface area contributed by atoms with Crippen LogP contribution in [0.2, 0.25) is 0 Å². The molecule has 2 aromatic heterocycles. The van der Waals surface area contributed by atoms with Crippen molar-refractivity contribution in [2.45, 2.75) is 6.54 Å². The van der Waals surface area contributed by atoms with E-state index >= 15 is 0 Å². The zero-order valence-corrected chi connectivity index (χ0v) is 17.2. The van der Waals surface area contributed by atoms with E-state index in [2.05, 4.69) is 15.4 Å². The summed E-state index contributed by atoms with van der Waals surface area (Å²) >= 11 is 0. The van der Waals surface area contributed by atoms with E-state index in [0.717, 1.165) is 0 Å². The van der Waals surface area contributed by atoms with Crippen molar-refractivity contribution < 1.29 is 19.0 Å². The van der Waals surface area contributed by atoms with E-state index in [1.165, 1.54) is 30.6 Å². The smallest absolute Gasteiger partial charge is 0.346 e. The molecule has 3 rings (SSSR count). The van der Waals surface area contributed by atoms with Crippen LogP contribution in [0.1, 0.15) is 10.4 Å². The molecule has 1 amide bonds. The normalized spacial score (nSPS) is 10.5. The zero-order valence-electron chi connectivity index (χ0n) is 17.2. The Morgan fingerprint density at radius 3 is 2.47 bits per heavy atom. The van der Waals surface area contributed by atoms with Crippen molar-refractivity contribution in [3.8, 4) is 28.8 Å². The second-order valence-electron chi connectivity index (χ2n) is 6.24. The van der Waals surface area contributed by atoms with Crippen molar-refractivity contribution in [3.05, 3.63) is 52.6 Å². The third kappa shape index (κ3) is 3.97.